The van der Waals surface area contributed by atoms with Crippen LogP contribution in [0.1, 0.15) is 48.9 Å². The van der Waals surface area contributed by atoms with Gasteiger partial charge in [-0.3, -0.25) is 9.59 Å². The highest BCUT2D eigenvalue weighted by molar-refractivity contribution is 5.96. The van der Waals surface area contributed by atoms with Gasteiger partial charge in [0.15, 0.2) is 17.3 Å². The minimum atomic E-state index is -0.969. The van der Waals surface area contributed by atoms with E-state index in [1.165, 1.54) is 15.6 Å². The van der Waals surface area contributed by atoms with Crippen molar-refractivity contribution in [2.24, 2.45) is 0 Å². The first-order valence-electron chi connectivity index (χ1n) is 9.19. The highest BCUT2D eigenvalue weighted by Crippen LogP contribution is 2.29. The van der Waals surface area contributed by atoms with Gasteiger partial charge in [-0.1, -0.05) is 0 Å². The number of aromatic nitrogens is 2. The van der Waals surface area contributed by atoms with Crippen molar-refractivity contribution >= 4 is 11.8 Å². The zero-order valence-electron chi connectivity index (χ0n) is 16.5. The van der Waals surface area contributed by atoms with Crippen LogP contribution in [0.25, 0.3) is 5.69 Å². The number of hydrogen-bond acceptors (Lipinski definition) is 3. The fourth-order valence-electron chi connectivity index (χ4n) is 3.37. The Balaban J connectivity index is 1.87. The van der Waals surface area contributed by atoms with Gasteiger partial charge in [0.05, 0.1) is 12.2 Å². The van der Waals surface area contributed by atoms with Gasteiger partial charge >= 0.3 is 0 Å². The van der Waals surface area contributed by atoms with Crippen LogP contribution in [-0.4, -0.2) is 45.6 Å². The summed E-state index contributed by atoms with van der Waals surface area (Å²) in [5.41, 5.74) is 1.85. The molecule has 0 unspecified atom stereocenters. The summed E-state index contributed by atoms with van der Waals surface area (Å²) in [5, 5.41) is 7.20. The van der Waals surface area contributed by atoms with Crippen molar-refractivity contribution in [1.82, 2.24) is 20.0 Å². The van der Waals surface area contributed by atoms with Gasteiger partial charge in [-0.25, -0.2) is 13.5 Å². The monoisotopic (exact) mass is 390 g/mol. The van der Waals surface area contributed by atoms with Crippen LogP contribution in [-0.2, 0) is 17.6 Å². The fraction of sp³-hybridized carbons (Fsp3) is 0.450. The van der Waals surface area contributed by atoms with Crippen LogP contribution in [0, 0.1) is 11.6 Å². The SMILES string of the molecule is CN(CC(=O)NC(C)(C)C)C(=O)c1nn(-c2ccc(F)c(F)c2)c2c1CCC2. The summed E-state index contributed by atoms with van der Waals surface area (Å²) in [4.78, 5) is 26.4. The first kappa shape index (κ1) is 20.0. The lowest BCUT2D eigenvalue weighted by Crippen LogP contribution is -2.46. The third-order valence-electron chi connectivity index (χ3n) is 4.52. The third-order valence-corrected chi connectivity index (χ3v) is 4.52. The molecule has 1 aromatic heterocycles. The van der Waals surface area contributed by atoms with E-state index in [0.717, 1.165) is 29.8 Å². The normalized spacial score (nSPS) is 13.4. The molecule has 0 atom stereocenters. The predicted molar refractivity (Wildman–Crippen MR) is 100 cm³/mol. The zero-order chi connectivity index (χ0) is 20.6. The van der Waals surface area contributed by atoms with Gasteiger partial charge in [-0.2, -0.15) is 5.10 Å². The van der Waals surface area contributed by atoms with Gasteiger partial charge in [0.25, 0.3) is 5.91 Å². The van der Waals surface area contributed by atoms with E-state index in [1.54, 1.807) is 7.05 Å². The number of carbonyl (C=O) groups is 2. The number of nitrogens with zero attached hydrogens (tertiary/aromatic N) is 3. The summed E-state index contributed by atoms with van der Waals surface area (Å²) in [5.74, 6) is -2.54. The van der Waals surface area contributed by atoms with Crippen molar-refractivity contribution in [3.05, 3.63) is 46.8 Å². The zero-order valence-corrected chi connectivity index (χ0v) is 16.5. The molecular formula is C20H24F2N4O2. The second-order valence-corrected chi connectivity index (χ2v) is 8.10. The van der Waals surface area contributed by atoms with E-state index in [1.807, 2.05) is 20.8 Å². The molecule has 1 aromatic carbocycles. The molecular weight excluding hydrogens is 366 g/mol. The molecule has 28 heavy (non-hydrogen) atoms. The van der Waals surface area contributed by atoms with Gasteiger partial charge in [0.1, 0.15) is 0 Å². The number of benzene rings is 1. The van der Waals surface area contributed by atoms with E-state index < -0.39 is 17.2 Å². The highest BCUT2D eigenvalue weighted by atomic mass is 19.2. The second kappa shape index (κ2) is 7.33. The Morgan fingerprint density at radius 2 is 1.93 bits per heavy atom. The van der Waals surface area contributed by atoms with Crippen LogP contribution in [0.2, 0.25) is 0 Å². The molecule has 8 heteroatoms. The van der Waals surface area contributed by atoms with Crippen LogP contribution < -0.4 is 5.32 Å². The lowest BCUT2D eigenvalue weighted by Gasteiger charge is -2.23. The molecule has 2 amide bonds. The minimum Gasteiger partial charge on any atom is -0.350 e. The van der Waals surface area contributed by atoms with E-state index in [0.29, 0.717) is 18.5 Å². The molecule has 0 saturated carbocycles. The first-order valence-corrected chi connectivity index (χ1v) is 9.19. The molecule has 150 valence electrons. The lowest BCUT2D eigenvalue weighted by molar-refractivity contribution is -0.122. The van der Waals surface area contributed by atoms with Gasteiger partial charge in [-0.05, 0) is 52.2 Å². The molecule has 0 fully saturated rings. The molecule has 1 aliphatic carbocycles. The van der Waals surface area contributed by atoms with Crippen LogP contribution in [0.5, 0.6) is 0 Å². The summed E-state index contributed by atoms with van der Waals surface area (Å²) in [6.45, 7) is 5.50. The van der Waals surface area contributed by atoms with Crippen molar-refractivity contribution in [3.63, 3.8) is 0 Å². The largest absolute Gasteiger partial charge is 0.350 e. The summed E-state index contributed by atoms with van der Waals surface area (Å²) in [7, 11) is 1.54. The fourth-order valence-corrected chi connectivity index (χ4v) is 3.37. The Morgan fingerprint density at radius 1 is 1.21 bits per heavy atom. The van der Waals surface area contributed by atoms with E-state index in [-0.39, 0.29) is 24.1 Å². The number of likely N-dealkylation sites (N-methyl/N-ethyl adjacent to an activating group) is 1. The summed E-state index contributed by atoms with van der Waals surface area (Å²) in [6, 6.07) is 3.53. The number of fused-ring (bicyclic) bond motifs is 1. The van der Waals surface area contributed by atoms with E-state index in [4.69, 9.17) is 0 Å². The summed E-state index contributed by atoms with van der Waals surface area (Å²) in [6.07, 6.45) is 2.23. The topological polar surface area (TPSA) is 67.2 Å². The van der Waals surface area contributed by atoms with Crippen molar-refractivity contribution in [2.45, 2.75) is 45.6 Å². The number of nitrogens with one attached hydrogen (secondary N) is 1. The number of hydrogen-bond donors (Lipinski definition) is 1. The molecule has 1 heterocycles. The molecule has 1 aliphatic rings. The second-order valence-electron chi connectivity index (χ2n) is 8.10. The summed E-state index contributed by atoms with van der Waals surface area (Å²) < 4.78 is 28.4. The summed E-state index contributed by atoms with van der Waals surface area (Å²) >= 11 is 0. The van der Waals surface area contributed by atoms with Gasteiger partial charge < -0.3 is 10.2 Å². The number of amides is 2. The van der Waals surface area contributed by atoms with Crippen molar-refractivity contribution < 1.29 is 18.4 Å². The Bertz CT molecular complexity index is 931. The van der Waals surface area contributed by atoms with E-state index in [2.05, 4.69) is 10.4 Å². The Morgan fingerprint density at radius 3 is 2.57 bits per heavy atom. The number of halogens is 2. The van der Waals surface area contributed by atoms with Crippen LogP contribution in [0.4, 0.5) is 8.78 Å². The molecule has 3 rings (SSSR count). The first-order chi connectivity index (χ1) is 13.1. The van der Waals surface area contributed by atoms with Crippen molar-refractivity contribution in [3.8, 4) is 5.69 Å². The van der Waals surface area contributed by atoms with Crippen LogP contribution in [0.3, 0.4) is 0 Å². The average molecular weight is 390 g/mol. The predicted octanol–water partition coefficient (Wildman–Crippen LogP) is 2.63. The number of rotatable bonds is 4. The Hall–Kier alpha value is -2.77. The minimum absolute atomic E-state index is 0.0943. The standard InChI is InChI=1S/C20H24F2N4O2/c1-20(2,3)23-17(27)11-25(4)19(28)18-13-6-5-7-16(13)26(24-18)12-8-9-14(21)15(22)10-12/h8-10H,5-7,11H2,1-4H3,(H,23,27). The molecule has 0 saturated heterocycles. The maximum Gasteiger partial charge on any atom is 0.274 e. The number of carbonyl (C=O) groups excluding carboxylic acids is 2. The van der Waals surface area contributed by atoms with Gasteiger partial charge in [0.2, 0.25) is 5.91 Å². The molecule has 2 aromatic rings. The third kappa shape index (κ3) is 4.05. The molecule has 0 spiro atoms. The highest BCUT2D eigenvalue weighted by Gasteiger charge is 2.29. The van der Waals surface area contributed by atoms with Crippen molar-refractivity contribution in [1.29, 1.82) is 0 Å². The van der Waals surface area contributed by atoms with Crippen LogP contribution in [0.15, 0.2) is 18.2 Å². The van der Waals surface area contributed by atoms with E-state index in [9.17, 15) is 18.4 Å². The molecule has 0 radical (unpaired) electrons. The molecule has 0 bridgehead atoms. The smallest absolute Gasteiger partial charge is 0.274 e. The molecule has 1 N–H and O–H groups in total. The van der Waals surface area contributed by atoms with Gasteiger partial charge in [0, 0.05) is 29.9 Å². The molecule has 6 nitrogen and oxygen atoms in total. The Kier molecular flexibility index (Phi) is 5.23. The van der Waals surface area contributed by atoms with Crippen molar-refractivity contribution in [2.75, 3.05) is 13.6 Å². The maximum absolute atomic E-state index is 13.7. The van der Waals surface area contributed by atoms with E-state index >= 15 is 0 Å². The quantitative estimate of drug-likeness (QED) is 0.873. The van der Waals surface area contributed by atoms with Gasteiger partial charge in [-0.15, -0.1) is 0 Å². The van der Waals surface area contributed by atoms with Crippen LogP contribution >= 0.6 is 0 Å². The average Bonchev–Trinajstić information content (AvgIpc) is 3.17. The Labute approximate surface area is 162 Å². The lowest BCUT2D eigenvalue weighted by atomic mass is 10.1. The maximum atomic E-state index is 13.7. The molecule has 0 aliphatic heterocycles.